The first-order valence-electron chi connectivity index (χ1n) is 5.62. The minimum atomic E-state index is 0.568. The SMILES string of the molecule is CCNc1cccc(Nc2ccc(Cl)cc2Cl)n1. The second-order valence-corrected chi connectivity index (χ2v) is 4.53. The van der Waals surface area contributed by atoms with Crippen molar-refractivity contribution < 1.29 is 0 Å². The van der Waals surface area contributed by atoms with Crippen LogP contribution in [0.25, 0.3) is 0 Å². The van der Waals surface area contributed by atoms with Crippen molar-refractivity contribution in [1.82, 2.24) is 4.98 Å². The summed E-state index contributed by atoms with van der Waals surface area (Å²) in [5.74, 6) is 1.56. The molecule has 0 aliphatic carbocycles. The maximum Gasteiger partial charge on any atom is 0.132 e. The molecule has 0 saturated carbocycles. The molecule has 94 valence electrons. The third kappa shape index (κ3) is 3.28. The van der Waals surface area contributed by atoms with E-state index in [-0.39, 0.29) is 0 Å². The summed E-state index contributed by atoms with van der Waals surface area (Å²) in [6.45, 7) is 2.86. The molecule has 1 heterocycles. The molecule has 2 N–H and O–H groups in total. The van der Waals surface area contributed by atoms with Gasteiger partial charge in [-0.3, -0.25) is 0 Å². The number of rotatable bonds is 4. The van der Waals surface area contributed by atoms with Gasteiger partial charge in [0.1, 0.15) is 11.6 Å². The molecular formula is C13H13Cl2N3. The monoisotopic (exact) mass is 281 g/mol. The summed E-state index contributed by atoms with van der Waals surface area (Å²) in [6.07, 6.45) is 0. The number of hydrogen-bond donors (Lipinski definition) is 2. The highest BCUT2D eigenvalue weighted by atomic mass is 35.5. The van der Waals surface area contributed by atoms with E-state index in [9.17, 15) is 0 Å². The molecule has 0 saturated heterocycles. The Morgan fingerprint density at radius 3 is 2.61 bits per heavy atom. The van der Waals surface area contributed by atoms with Crippen molar-refractivity contribution in [3.8, 4) is 0 Å². The van der Waals surface area contributed by atoms with E-state index in [0.29, 0.717) is 10.0 Å². The van der Waals surface area contributed by atoms with Crippen LogP contribution in [0, 0.1) is 0 Å². The first-order valence-corrected chi connectivity index (χ1v) is 6.37. The fourth-order valence-electron chi connectivity index (χ4n) is 1.51. The van der Waals surface area contributed by atoms with Gasteiger partial charge in [0, 0.05) is 11.6 Å². The van der Waals surface area contributed by atoms with Crippen LogP contribution in [-0.4, -0.2) is 11.5 Å². The van der Waals surface area contributed by atoms with Gasteiger partial charge in [-0.05, 0) is 37.3 Å². The normalized spacial score (nSPS) is 10.2. The molecule has 18 heavy (non-hydrogen) atoms. The Morgan fingerprint density at radius 1 is 1.11 bits per heavy atom. The van der Waals surface area contributed by atoms with Crippen LogP contribution in [0.2, 0.25) is 10.0 Å². The van der Waals surface area contributed by atoms with Crippen LogP contribution in [0.4, 0.5) is 17.3 Å². The minimum Gasteiger partial charge on any atom is -0.370 e. The van der Waals surface area contributed by atoms with Gasteiger partial charge in [-0.15, -0.1) is 0 Å². The van der Waals surface area contributed by atoms with Gasteiger partial charge >= 0.3 is 0 Å². The van der Waals surface area contributed by atoms with E-state index < -0.39 is 0 Å². The second kappa shape index (κ2) is 5.94. The first kappa shape index (κ1) is 13.0. The predicted molar refractivity (Wildman–Crippen MR) is 78.1 cm³/mol. The molecule has 1 aromatic carbocycles. The average molecular weight is 282 g/mol. The zero-order valence-electron chi connectivity index (χ0n) is 9.87. The number of anilines is 3. The van der Waals surface area contributed by atoms with E-state index in [0.717, 1.165) is 23.9 Å². The summed E-state index contributed by atoms with van der Waals surface area (Å²) in [5, 5.41) is 7.49. The molecule has 0 fully saturated rings. The third-order valence-electron chi connectivity index (χ3n) is 2.30. The van der Waals surface area contributed by atoms with Crippen molar-refractivity contribution in [1.29, 1.82) is 0 Å². The van der Waals surface area contributed by atoms with Gasteiger partial charge in [-0.2, -0.15) is 0 Å². The van der Waals surface area contributed by atoms with Gasteiger partial charge in [-0.25, -0.2) is 4.98 Å². The van der Waals surface area contributed by atoms with Crippen LogP contribution in [0.3, 0.4) is 0 Å². The molecule has 0 spiro atoms. The molecular weight excluding hydrogens is 269 g/mol. The predicted octanol–water partition coefficient (Wildman–Crippen LogP) is 4.56. The Morgan fingerprint density at radius 2 is 1.89 bits per heavy atom. The average Bonchev–Trinajstić information content (AvgIpc) is 2.34. The van der Waals surface area contributed by atoms with Crippen LogP contribution < -0.4 is 10.6 Å². The molecule has 5 heteroatoms. The maximum atomic E-state index is 6.09. The van der Waals surface area contributed by atoms with E-state index in [1.54, 1.807) is 12.1 Å². The van der Waals surface area contributed by atoms with Crippen LogP contribution >= 0.6 is 23.2 Å². The Balaban J connectivity index is 2.20. The van der Waals surface area contributed by atoms with Crippen LogP contribution in [0.5, 0.6) is 0 Å². The highest BCUT2D eigenvalue weighted by molar-refractivity contribution is 6.36. The molecule has 0 aliphatic rings. The number of benzene rings is 1. The van der Waals surface area contributed by atoms with Crippen molar-refractivity contribution >= 4 is 40.5 Å². The summed E-state index contributed by atoms with van der Waals surface area (Å²) < 4.78 is 0. The lowest BCUT2D eigenvalue weighted by Gasteiger charge is -2.09. The van der Waals surface area contributed by atoms with Gasteiger partial charge < -0.3 is 10.6 Å². The van der Waals surface area contributed by atoms with Gasteiger partial charge in [0.25, 0.3) is 0 Å². The third-order valence-corrected chi connectivity index (χ3v) is 2.85. The van der Waals surface area contributed by atoms with Gasteiger partial charge in [0.05, 0.1) is 10.7 Å². The standard InChI is InChI=1S/C13H13Cl2N3/c1-2-16-12-4-3-5-13(18-12)17-11-7-6-9(14)8-10(11)15/h3-8H,2H2,1H3,(H2,16,17,18). The van der Waals surface area contributed by atoms with E-state index in [4.69, 9.17) is 23.2 Å². The number of hydrogen-bond acceptors (Lipinski definition) is 3. The Labute approximate surface area is 116 Å². The summed E-state index contributed by atoms with van der Waals surface area (Å²) in [6, 6.07) is 11.0. The quantitative estimate of drug-likeness (QED) is 0.862. The molecule has 0 aliphatic heterocycles. The lowest BCUT2D eigenvalue weighted by Crippen LogP contribution is -2.01. The molecule has 0 unspecified atom stereocenters. The molecule has 3 nitrogen and oxygen atoms in total. The van der Waals surface area contributed by atoms with Gasteiger partial charge in [-0.1, -0.05) is 29.3 Å². The number of nitrogens with zero attached hydrogens (tertiary/aromatic N) is 1. The first-order chi connectivity index (χ1) is 8.69. The highest BCUT2D eigenvalue weighted by Crippen LogP contribution is 2.27. The molecule has 2 aromatic rings. The minimum absolute atomic E-state index is 0.568. The van der Waals surface area contributed by atoms with Crippen molar-refractivity contribution in [2.75, 3.05) is 17.2 Å². The van der Waals surface area contributed by atoms with Crippen LogP contribution in [0.15, 0.2) is 36.4 Å². The second-order valence-electron chi connectivity index (χ2n) is 3.69. The van der Waals surface area contributed by atoms with E-state index in [2.05, 4.69) is 15.6 Å². The lowest BCUT2D eigenvalue weighted by molar-refractivity contribution is 1.16. The topological polar surface area (TPSA) is 37.0 Å². The number of pyridine rings is 1. The molecule has 0 atom stereocenters. The zero-order chi connectivity index (χ0) is 13.0. The van der Waals surface area contributed by atoms with Crippen LogP contribution in [0.1, 0.15) is 6.92 Å². The highest BCUT2D eigenvalue weighted by Gasteiger charge is 2.03. The lowest BCUT2D eigenvalue weighted by atomic mass is 10.3. The summed E-state index contributed by atoms with van der Waals surface area (Å²) >= 11 is 11.9. The van der Waals surface area contributed by atoms with E-state index in [1.165, 1.54) is 0 Å². The fourth-order valence-corrected chi connectivity index (χ4v) is 1.97. The molecule has 0 amide bonds. The van der Waals surface area contributed by atoms with Crippen molar-refractivity contribution in [3.05, 3.63) is 46.4 Å². The van der Waals surface area contributed by atoms with E-state index in [1.807, 2.05) is 31.2 Å². The van der Waals surface area contributed by atoms with Crippen molar-refractivity contribution in [3.63, 3.8) is 0 Å². The number of aromatic nitrogens is 1. The Kier molecular flexibility index (Phi) is 4.28. The number of nitrogens with one attached hydrogen (secondary N) is 2. The number of halogens is 2. The van der Waals surface area contributed by atoms with Crippen molar-refractivity contribution in [2.24, 2.45) is 0 Å². The van der Waals surface area contributed by atoms with Gasteiger partial charge in [0.2, 0.25) is 0 Å². The zero-order valence-corrected chi connectivity index (χ0v) is 11.4. The van der Waals surface area contributed by atoms with Gasteiger partial charge in [0.15, 0.2) is 0 Å². The summed E-state index contributed by atoms with van der Waals surface area (Å²) in [4.78, 5) is 4.41. The Hall–Kier alpha value is -1.45. The summed E-state index contributed by atoms with van der Waals surface area (Å²) in [7, 11) is 0. The largest absolute Gasteiger partial charge is 0.370 e. The molecule has 0 radical (unpaired) electrons. The molecule has 0 bridgehead atoms. The smallest absolute Gasteiger partial charge is 0.132 e. The molecule has 1 aromatic heterocycles. The van der Waals surface area contributed by atoms with E-state index >= 15 is 0 Å². The fraction of sp³-hybridized carbons (Fsp3) is 0.154. The molecule has 2 rings (SSSR count). The summed E-state index contributed by atoms with van der Waals surface area (Å²) in [5.41, 5.74) is 0.780. The maximum absolute atomic E-state index is 6.09. The van der Waals surface area contributed by atoms with Crippen molar-refractivity contribution in [2.45, 2.75) is 6.92 Å². The Bertz CT molecular complexity index is 544. The van der Waals surface area contributed by atoms with Crippen LogP contribution in [-0.2, 0) is 0 Å².